The van der Waals surface area contributed by atoms with E-state index < -0.39 is 17.2 Å². The smallest absolute Gasteiger partial charge is 0.266 e. The monoisotopic (exact) mass is 344 g/mol. The van der Waals surface area contributed by atoms with Gasteiger partial charge in [-0.05, 0) is 40.2 Å². The Balaban J connectivity index is 2.24. The fourth-order valence-corrected chi connectivity index (χ4v) is 2.87. The lowest BCUT2D eigenvalue weighted by atomic mass is 10.1. The summed E-state index contributed by atoms with van der Waals surface area (Å²) in [4.78, 5) is 29.1. The third-order valence-corrected chi connectivity index (χ3v) is 4.13. The molecule has 0 N–H and O–H groups in total. The van der Waals surface area contributed by atoms with Gasteiger partial charge in [0, 0.05) is 0 Å². The number of carbonyl (C=O) groups is 1. The van der Waals surface area contributed by atoms with Crippen LogP contribution in [-0.2, 0) is 0 Å². The standard InChI is InChI=1S/C15H6BrFN2O2/c16-9-6-5-8-12(11(9)17)19-14(13(8)20)18-10-4-2-1-3-7(10)15(19)21/h1-6H. The summed E-state index contributed by atoms with van der Waals surface area (Å²) in [5, 5.41) is 0.348. The van der Waals surface area contributed by atoms with Crippen molar-refractivity contribution < 1.29 is 9.18 Å². The fraction of sp³-hybridized carbons (Fsp3) is 0. The number of hydrogen-bond donors (Lipinski definition) is 0. The number of para-hydroxylation sites is 1. The zero-order valence-electron chi connectivity index (χ0n) is 10.4. The third kappa shape index (κ3) is 1.50. The van der Waals surface area contributed by atoms with E-state index >= 15 is 0 Å². The largest absolute Gasteiger partial charge is 0.285 e. The molecule has 4 rings (SSSR count). The number of rotatable bonds is 0. The van der Waals surface area contributed by atoms with E-state index in [4.69, 9.17) is 0 Å². The molecule has 0 aliphatic carbocycles. The minimum absolute atomic E-state index is 0.0346. The molecule has 1 aliphatic heterocycles. The molecular weight excluding hydrogens is 339 g/mol. The highest BCUT2D eigenvalue weighted by atomic mass is 79.9. The van der Waals surface area contributed by atoms with Crippen LogP contribution in [0.4, 0.5) is 4.39 Å². The van der Waals surface area contributed by atoms with Crippen molar-refractivity contribution in [1.29, 1.82) is 0 Å². The Morgan fingerprint density at radius 1 is 1.10 bits per heavy atom. The predicted molar refractivity (Wildman–Crippen MR) is 78.4 cm³/mol. The molecule has 0 radical (unpaired) electrons. The average molecular weight is 345 g/mol. The number of halogens is 2. The molecule has 2 aromatic carbocycles. The highest BCUT2D eigenvalue weighted by Gasteiger charge is 2.33. The van der Waals surface area contributed by atoms with Gasteiger partial charge in [0.15, 0.2) is 11.6 Å². The van der Waals surface area contributed by atoms with Crippen molar-refractivity contribution in [2.45, 2.75) is 0 Å². The Labute approximate surface area is 126 Å². The van der Waals surface area contributed by atoms with Crippen LogP contribution in [0.1, 0.15) is 16.2 Å². The molecule has 0 amide bonds. The molecule has 0 unspecified atom stereocenters. The maximum absolute atomic E-state index is 14.3. The van der Waals surface area contributed by atoms with Crippen LogP contribution in [0.15, 0.2) is 45.7 Å². The van der Waals surface area contributed by atoms with Gasteiger partial charge in [-0.3, -0.25) is 14.2 Å². The van der Waals surface area contributed by atoms with Gasteiger partial charge in [-0.2, -0.15) is 0 Å². The molecule has 0 fully saturated rings. The van der Waals surface area contributed by atoms with E-state index in [-0.39, 0.29) is 21.5 Å². The van der Waals surface area contributed by atoms with Gasteiger partial charge in [0.05, 0.1) is 26.6 Å². The number of fused-ring (bicyclic) bond motifs is 4. The van der Waals surface area contributed by atoms with E-state index in [1.807, 2.05) is 0 Å². The number of hydrogen-bond acceptors (Lipinski definition) is 3. The van der Waals surface area contributed by atoms with Crippen LogP contribution in [0.25, 0.3) is 16.6 Å². The minimum atomic E-state index is -0.640. The average Bonchev–Trinajstić information content (AvgIpc) is 2.77. The van der Waals surface area contributed by atoms with Crippen LogP contribution in [0, 0.1) is 5.82 Å². The first-order valence-corrected chi connectivity index (χ1v) is 6.94. The van der Waals surface area contributed by atoms with Crippen LogP contribution in [0.2, 0.25) is 0 Å². The van der Waals surface area contributed by atoms with Gasteiger partial charge in [-0.25, -0.2) is 9.37 Å². The van der Waals surface area contributed by atoms with Crippen molar-refractivity contribution in [3.63, 3.8) is 0 Å². The Bertz CT molecular complexity index is 1010. The number of nitrogens with zero attached hydrogens (tertiary/aromatic N) is 2. The Hall–Kier alpha value is -2.34. The summed E-state index contributed by atoms with van der Waals surface area (Å²) in [5.74, 6) is -1.14. The molecule has 1 aliphatic rings. The van der Waals surface area contributed by atoms with Gasteiger partial charge in [-0.1, -0.05) is 12.1 Å². The van der Waals surface area contributed by atoms with Crippen molar-refractivity contribution >= 4 is 32.6 Å². The fourth-order valence-electron chi connectivity index (χ4n) is 2.55. The number of aromatic nitrogens is 2. The second-order valence-electron chi connectivity index (χ2n) is 4.68. The summed E-state index contributed by atoms with van der Waals surface area (Å²) >= 11 is 3.07. The zero-order valence-corrected chi connectivity index (χ0v) is 12.0. The summed E-state index contributed by atoms with van der Waals surface area (Å²) in [5.41, 5.74) is 0.0947. The van der Waals surface area contributed by atoms with Crippen LogP contribution >= 0.6 is 15.9 Å². The second-order valence-corrected chi connectivity index (χ2v) is 5.53. The van der Waals surface area contributed by atoms with Crippen LogP contribution in [0.3, 0.4) is 0 Å². The van der Waals surface area contributed by atoms with Crippen molar-refractivity contribution in [3.05, 3.63) is 68.4 Å². The highest BCUT2D eigenvalue weighted by molar-refractivity contribution is 9.10. The SMILES string of the molecule is O=C1c2ccc(Br)c(F)c2-n2c1nc1ccccc1c2=O. The summed E-state index contributed by atoms with van der Waals surface area (Å²) in [6.07, 6.45) is 0. The van der Waals surface area contributed by atoms with Gasteiger partial charge >= 0.3 is 0 Å². The lowest BCUT2D eigenvalue weighted by Crippen LogP contribution is -2.22. The predicted octanol–water partition coefficient (Wildman–Crippen LogP) is 2.83. The first kappa shape index (κ1) is 12.4. The topological polar surface area (TPSA) is 52.0 Å². The molecule has 0 saturated heterocycles. The molecule has 6 heteroatoms. The molecular formula is C15H6BrFN2O2. The normalized spacial score (nSPS) is 12.6. The van der Waals surface area contributed by atoms with Crippen molar-refractivity contribution in [2.75, 3.05) is 0 Å². The lowest BCUT2D eigenvalue weighted by molar-refractivity contribution is 0.103. The van der Waals surface area contributed by atoms with E-state index in [0.717, 1.165) is 4.57 Å². The minimum Gasteiger partial charge on any atom is -0.285 e. The summed E-state index contributed by atoms with van der Waals surface area (Å²) in [6, 6.07) is 9.63. The Morgan fingerprint density at radius 2 is 1.86 bits per heavy atom. The third-order valence-electron chi connectivity index (χ3n) is 3.52. The molecule has 21 heavy (non-hydrogen) atoms. The van der Waals surface area contributed by atoms with Gasteiger partial charge in [-0.15, -0.1) is 0 Å². The van der Waals surface area contributed by atoms with Crippen molar-refractivity contribution in [2.24, 2.45) is 0 Å². The molecule has 3 aromatic rings. The Morgan fingerprint density at radius 3 is 2.67 bits per heavy atom. The van der Waals surface area contributed by atoms with Crippen molar-refractivity contribution in [3.8, 4) is 5.69 Å². The van der Waals surface area contributed by atoms with Gasteiger partial charge in [0.1, 0.15) is 0 Å². The maximum atomic E-state index is 14.3. The van der Waals surface area contributed by atoms with Crippen molar-refractivity contribution in [1.82, 2.24) is 9.55 Å². The molecule has 0 saturated carbocycles. The van der Waals surface area contributed by atoms with Crippen LogP contribution < -0.4 is 5.56 Å². The van der Waals surface area contributed by atoms with Gasteiger partial charge < -0.3 is 0 Å². The molecule has 0 bridgehead atoms. The molecule has 102 valence electrons. The molecule has 0 atom stereocenters. The summed E-state index contributed by atoms with van der Waals surface area (Å²) in [7, 11) is 0. The quantitative estimate of drug-likeness (QED) is 0.493. The lowest BCUT2D eigenvalue weighted by Gasteiger charge is -2.07. The van der Waals surface area contributed by atoms with E-state index in [1.54, 1.807) is 24.3 Å². The first-order chi connectivity index (χ1) is 10.1. The molecule has 0 spiro atoms. The summed E-state index contributed by atoms with van der Waals surface area (Å²) in [6.45, 7) is 0. The maximum Gasteiger partial charge on any atom is 0.266 e. The highest BCUT2D eigenvalue weighted by Crippen LogP contribution is 2.32. The molecule has 4 nitrogen and oxygen atoms in total. The van der Waals surface area contributed by atoms with Gasteiger partial charge in [0.25, 0.3) is 5.56 Å². The van der Waals surface area contributed by atoms with E-state index in [1.165, 1.54) is 12.1 Å². The number of carbonyl (C=O) groups excluding carboxylic acids is 1. The molecule has 2 heterocycles. The van der Waals surface area contributed by atoms with Crippen LogP contribution in [-0.4, -0.2) is 15.3 Å². The van der Waals surface area contributed by atoms with Crippen LogP contribution in [0.5, 0.6) is 0 Å². The van der Waals surface area contributed by atoms with E-state index in [9.17, 15) is 14.0 Å². The van der Waals surface area contributed by atoms with E-state index in [0.29, 0.717) is 10.9 Å². The van der Waals surface area contributed by atoms with Gasteiger partial charge in [0.2, 0.25) is 5.78 Å². The molecule has 1 aromatic heterocycles. The second kappa shape index (κ2) is 4.08. The van der Waals surface area contributed by atoms with E-state index in [2.05, 4.69) is 20.9 Å². The first-order valence-electron chi connectivity index (χ1n) is 6.14. The summed E-state index contributed by atoms with van der Waals surface area (Å²) < 4.78 is 15.6. The Kier molecular flexibility index (Phi) is 2.41. The zero-order chi connectivity index (χ0) is 14.7. The number of ketones is 1. The number of benzene rings is 2.